The van der Waals surface area contributed by atoms with Crippen LogP contribution in [0.1, 0.15) is 46.5 Å². The van der Waals surface area contributed by atoms with Gasteiger partial charge in [0.05, 0.1) is 22.4 Å². The van der Waals surface area contributed by atoms with Crippen molar-refractivity contribution in [2.24, 2.45) is 34.5 Å². The fourth-order valence-electron chi connectivity index (χ4n) is 7.94. The monoisotopic (exact) mass is 435 g/mol. The Hall–Kier alpha value is -2.70. The Kier molecular flexibility index (Phi) is 3.87. The van der Waals surface area contributed by atoms with E-state index >= 15 is 0 Å². The van der Waals surface area contributed by atoms with Crippen molar-refractivity contribution >= 4 is 28.9 Å². The smallest absolute Gasteiger partial charge is 0.294 e. The molecule has 5 aliphatic rings. The Balaban J connectivity index is 1.36. The van der Waals surface area contributed by atoms with E-state index in [4.69, 9.17) is 0 Å². The fraction of sp³-hybridized carbons (Fsp3) is 0.600. The van der Waals surface area contributed by atoms with Gasteiger partial charge in [-0.2, -0.15) is 0 Å². The number of anilines is 2. The van der Waals surface area contributed by atoms with Crippen LogP contribution < -0.4 is 9.80 Å². The summed E-state index contributed by atoms with van der Waals surface area (Å²) in [5.74, 6) is -0.787. The van der Waals surface area contributed by atoms with Gasteiger partial charge in [0.1, 0.15) is 5.69 Å². The molecule has 7 nitrogen and oxygen atoms in total. The highest BCUT2D eigenvalue weighted by molar-refractivity contribution is 6.23. The average Bonchev–Trinajstić information content (AvgIpc) is 3.42. The van der Waals surface area contributed by atoms with Gasteiger partial charge in [-0.3, -0.25) is 19.7 Å². The molecule has 6 atom stereocenters. The standard InChI is InChI=1S/C25H29N3O4/c1-24(2)10-17-11-25(3,12-24)13-26(17)18-7-6-16(9-19(18)28(31)32)27-22(29)20-14-4-5-15(8-14)21(20)23(27)30/h4-7,9,14-15,17,20-21H,8,10-13H2,1-3H3/t14-,15-,17-,20-,21-,25+/m0/s1. The van der Waals surface area contributed by atoms with Crippen LogP contribution in [0, 0.1) is 44.6 Å². The molecule has 2 saturated heterocycles. The maximum atomic E-state index is 13.2. The molecule has 3 aliphatic carbocycles. The highest BCUT2D eigenvalue weighted by atomic mass is 16.6. The summed E-state index contributed by atoms with van der Waals surface area (Å²) in [6, 6.07) is 5.19. The van der Waals surface area contributed by atoms with Gasteiger partial charge in [0, 0.05) is 18.7 Å². The number of nitrogens with zero attached hydrogens (tertiary/aromatic N) is 3. The van der Waals surface area contributed by atoms with Crippen LogP contribution in [0.3, 0.4) is 0 Å². The Labute approximate surface area is 187 Å². The van der Waals surface area contributed by atoms with E-state index in [0.717, 1.165) is 32.2 Å². The maximum absolute atomic E-state index is 13.2. The fourth-order valence-corrected chi connectivity index (χ4v) is 7.94. The molecule has 168 valence electrons. The molecule has 1 aromatic carbocycles. The summed E-state index contributed by atoms with van der Waals surface area (Å²) >= 11 is 0. The first-order valence-corrected chi connectivity index (χ1v) is 11.7. The molecular formula is C25H29N3O4. The molecule has 6 rings (SSSR count). The zero-order chi connectivity index (χ0) is 22.6. The minimum atomic E-state index is -0.369. The van der Waals surface area contributed by atoms with E-state index in [0.29, 0.717) is 11.4 Å². The van der Waals surface area contributed by atoms with E-state index in [2.05, 4.69) is 37.8 Å². The van der Waals surface area contributed by atoms with Crippen molar-refractivity contribution in [3.8, 4) is 0 Å². The molecule has 1 aromatic rings. The molecule has 0 radical (unpaired) electrons. The van der Waals surface area contributed by atoms with Gasteiger partial charge < -0.3 is 4.90 Å². The SMILES string of the molecule is CC1(C)C[C@H]2C[C@@](C)(CN2c2ccc(N3C(=O)[C@@H]4[C@@H](C3=O)[C@H]3C=C[C@H]4C3)cc2[N+](=O)[O-])C1. The van der Waals surface area contributed by atoms with Crippen molar-refractivity contribution in [2.75, 3.05) is 16.3 Å². The Morgan fingerprint density at radius 3 is 2.31 bits per heavy atom. The second-order valence-corrected chi connectivity index (χ2v) is 11.8. The third-order valence-electron chi connectivity index (χ3n) is 8.61. The predicted molar refractivity (Wildman–Crippen MR) is 120 cm³/mol. The van der Waals surface area contributed by atoms with Crippen LogP contribution in [-0.4, -0.2) is 29.3 Å². The summed E-state index contributed by atoms with van der Waals surface area (Å²) in [6.07, 6.45) is 8.13. The Morgan fingerprint density at radius 2 is 1.69 bits per heavy atom. The van der Waals surface area contributed by atoms with Gasteiger partial charge in [0.25, 0.3) is 5.69 Å². The number of carbonyl (C=O) groups excluding carboxylic acids is 2. The number of rotatable bonds is 3. The van der Waals surface area contributed by atoms with E-state index in [9.17, 15) is 19.7 Å². The van der Waals surface area contributed by atoms with Crippen molar-refractivity contribution in [1.29, 1.82) is 0 Å². The third-order valence-corrected chi connectivity index (χ3v) is 8.61. The van der Waals surface area contributed by atoms with Gasteiger partial charge in [-0.15, -0.1) is 0 Å². The van der Waals surface area contributed by atoms with Crippen molar-refractivity contribution < 1.29 is 14.5 Å². The Bertz CT molecular complexity index is 1060. The largest absolute Gasteiger partial charge is 0.362 e. The van der Waals surface area contributed by atoms with Gasteiger partial charge in [0.15, 0.2) is 0 Å². The van der Waals surface area contributed by atoms with E-state index in [1.165, 1.54) is 11.0 Å². The molecule has 2 heterocycles. The number of hydrogen-bond acceptors (Lipinski definition) is 5. The van der Waals surface area contributed by atoms with E-state index in [1.807, 2.05) is 0 Å². The lowest BCUT2D eigenvalue weighted by Gasteiger charge is -2.39. The zero-order valence-electron chi connectivity index (χ0n) is 18.8. The molecule has 0 N–H and O–H groups in total. The summed E-state index contributed by atoms with van der Waals surface area (Å²) in [5.41, 5.74) is 1.27. The summed E-state index contributed by atoms with van der Waals surface area (Å²) in [4.78, 5) is 41.5. The number of fused-ring (bicyclic) bond motifs is 7. The Morgan fingerprint density at radius 1 is 1.03 bits per heavy atom. The normalized spacial score (nSPS) is 38.7. The van der Waals surface area contributed by atoms with Crippen LogP contribution in [0.25, 0.3) is 0 Å². The van der Waals surface area contributed by atoms with Crippen molar-refractivity contribution in [3.05, 3.63) is 40.5 Å². The molecule has 0 unspecified atom stereocenters. The highest BCUT2D eigenvalue weighted by Gasteiger charge is 2.60. The van der Waals surface area contributed by atoms with E-state index in [-0.39, 0.29) is 63.0 Å². The average molecular weight is 436 g/mol. The predicted octanol–water partition coefficient (Wildman–Crippen LogP) is 4.31. The van der Waals surface area contributed by atoms with E-state index < -0.39 is 0 Å². The van der Waals surface area contributed by atoms with Crippen LogP contribution in [-0.2, 0) is 9.59 Å². The molecular weight excluding hydrogens is 406 g/mol. The lowest BCUT2D eigenvalue weighted by Crippen LogP contribution is -2.35. The van der Waals surface area contributed by atoms with Gasteiger partial charge in [-0.1, -0.05) is 32.9 Å². The number of hydrogen-bond donors (Lipinski definition) is 0. The first-order valence-electron chi connectivity index (χ1n) is 11.7. The molecule has 2 saturated carbocycles. The van der Waals surface area contributed by atoms with Crippen LogP contribution in [0.2, 0.25) is 0 Å². The van der Waals surface area contributed by atoms with E-state index in [1.54, 1.807) is 12.1 Å². The highest BCUT2D eigenvalue weighted by Crippen LogP contribution is 2.56. The van der Waals surface area contributed by atoms with Crippen LogP contribution >= 0.6 is 0 Å². The molecule has 32 heavy (non-hydrogen) atoms. The lowest BCUT2D eigenvalue weighted by atomic mass is 9.65. The molecule has 7 heteroatoms. The molecule has 4 fully saturated rings. The first-order chi connectivity index (χ1) is 15.1. The minimum Gasteiger partial charge on any atom is -0.362 e. The molecule has 2 amide bonds. The molecule has 4 bridgehead atoms. The lowest BCUT2D eigenvalue weighted by molar-refractivity contribution is -0.384. The van der Waals surface area contributed by atoms with Crippen LogP contribution in [0.4, 0.5) is 17.1 Å². The van der Waals surface area contributed by atoms with Crippen LogP contribution in [0.5, 0.6) is 0 Å². The number of allylic oxidation sites excluding steroid dienone is 2. The van der Waals surface area contributed by atoms with Crippen molar-refractivity contribution in [1.82, 2.24) is 0 Å². The third kappa shape index (κ3) is 2.66. The number of benzene rings is 1. The summed E-state index contributed by atoms with van der Waals surface area (Å²) in [7, 11) is 0. The number of amides is 2. The number of imide groups is 1. The maximum Gasteiger partial charge on any atom is 0.294 e. The molecule has 0 spiro atoms. The van der Waals surface area contributed by atoms with Crippen molar-refractivity contribution in [3.63, 3.8) is 0 Å². The quantitative estimate of drug-likeness (QED) is 0.306. The number of nitro benzene ring substituents is 1. The van der Waals surface area contributed by atoms with Gasteiger partial charge >= 0.3 is 0 Å². The number of nitro groups is 1. The van der Waals surface area contributed by atoms with Gasteiger partial charge in [-0.25, -0.2) is 4.90 Å². The zero-order valence-corrected chi connectivity index (χ0v) is 18.8. The van der Waals surface area contributed by atoms with Crippen LogP contribution in [0.15, 0.2) is 30.4 Å². The van der Waals surface area contributed by atoms with Gasteiger partial charge in [-0.05, 0) is 60.5 Å². The topological polar surface area (TPSA) is 83.8 Å². The summed E-state index contributed by atoms with van der Waals surface area (Å²) in [5, 5.41) is 12.1. The number of carbonyl (C=O) groups is 2. The summed E-state index contributed by atoms with van der Waals surface area (Å²) < 4.78 is 0. The second kappa shape index (κ2) is 6.21. The minimum absolute atomic E-state index is 0.0183. The van der Waals surface area contributed by atoms with Crippen molar-refractivity contribution in [2.45, 2.75) is 52.5 Å². The molecule has 0 aromatic heterocycles. The second-order valence-electron chi connectivity index (χ2n) is 11.8. The summed E-state index contributed by atoms with van der Waals surface area (Å²) in [6.45, 7) is 7.63. The van der Waals surface area contributed by atoms with Gasteiger partial charge in [0.2, 0.25) is 11.8 Å². The molecule has 2 aliphatic heterocycles. The first kappa shape index (κ1) is 19.9.